The van der Waals surface area contributed by atoms with Crippen molar-refractivity contribution < 1.29 is 4.79 Å². The molecule has 23 heavy (non-hydrogen) atoms. The predicted octanol–water partition coefficient (Wildman–Crippen LogP) is 1.76. The van der Waals surface area contributed by atoms with Crippen LogP contribution in [-0.2, 0) is 11.3 Å². The second-order valence-corrected chi connectivity index (χ2v) is 6.40. The van der Waals surface area contributed by atoms with Crippen LogP contribution in [0, 0.1) is 6.92 Å². The van der Waals surface area contributed by atoms with Crippen molar-refractivity contribution in [3.63, 3.8) is 0 Å². The number of carbonyl (C=O) groups excluding carboxylic acids is 1. The molecule has 0 aliphatic heterocycles. The van der Waals surface area contributed by atoms with Gasteiger partial charge in [0.2, 0.25) is 5.91 Å². The molecule has 0 fully saturated rings. The fourth-order valence-electron chi connectivity index (χ4n) is 2.27. The molecule has 0 saturated heterocycles. The number of imidazole rings is 1. The molecule has 0 radical (unpaired) electrons. The number of aromatic nitrogens is 5. The molecule has 1 amide bonds. The molecule has 3 rings (SSSR count). The van der Waals surface area contributed by atoms with Crippen molar-refractivity contribution in [1.82, 2.24) is 30.0 Å². The first kappa shape index (κ1) is 15.5. The molecule has 1 atom stereocenters. The summed E-state index contributed by atoms with van der Waals surface area (Å²) in [6.45, 7) is 4.57. The van der Waals surface area contributed by atoms with Crippen molar-refractivity contribution in [1.29, 1.82) is 0 Å². The number of amides is 1. The molecule has 2 N–H and O–H groups in total. The minimum atomic E-state index is -0.0285. The van der Waals surface area contributed by atoms with E-state index in [0.717, 1.165) is 16.2 Å². The van der Waals surface area contributed by atoms with Crippen LogP contribution in [0.25, 0.3) is 11.0 Å². The Hall–Kier alpha value is -2.35. The summed E-state index contributed by atoms with van der Waals surface area (Å²) in [6, 6.07) is 6.04. The van der Waals surface area contributed by atoms with Crippen LogP contribution in [0.15, 0.2) is 36.0 Å². The summed E-state index contributed by atoms with van der Waals surface area (Å²) in [5.74, 6) is 0.291. The molecule has 0 aliphatic carbocycles. The topological polar surface area (TPSA) is 88.5 Å². The maximum absolute atomic E-state index is 12.0. The average Bonchev–Trinajstić information content (AvgIpc) is 3.13. The van der Waals surface area contributed by atoms with Gasteiger partial charge in [-0.3, -0.25) is 9.48 Å². The van der Waals surface area contributed by atoms with Gasteiger partial charge in [-0.05, 0) is 31.5 Å². The first-order valence-corrected chi connectivity index (χ1v) is 8.29. The third kappa shape index (κ3) is 4.10. The second kappa shape index (κ2) is 6.82. The number of carbonyl (C=O) groups is 1. The number of H-pyrrole nitrogens is 1. The van der Waals surface area contributed by atoms with Crippen molar-refractivity contribution in [2.75, 3.05) is 5.75 Å². The Labute approximate surface area is 137 Å². The molecule has 2 aromatic heterocycles. The van der Waals surface area contributed by atoms with E-state index >= 15 is 0 Å². The smallest absolute Gasteiger partial charge is 0.230 e. The zero-order chi connectivity index (χ0) is 16.2. The Morgan fingerprint density at radius 3 is 3.13 bits per heavy atom. The van der Waals surface area contributed by atoms with E-state index in [1.807, 2.05) is 32.0 Å². The summed E-state index contributed by atoms with van der Waals surface area (Å²) in [4.78, 5) is 23.6. The van der Waals surface area contributed by atoms with Gasteiger partial charge in [-0.1, -0.05) is 17.8 Å². The van der Waals surface area contributed by atoms with Crippen LogP contribution in [0.5, 0.6) is 0 Å². The minimum Gasteiger partial charge on any atom is -0.351 e. The highest BCUT2D eigenvalue weighted by Crippen LogP contribution is 2.20. The second-order valence-electron chi connectivity index (χ2n) is 5.44. The maximum Gasteiger partial charge on any atom is 0.230 e. The molecule has 2 heterocycles. The van der Waals surface area contributed by atoms with Crippen molar-refractivity contribution in [2.24, 2.45) is 0 Å². The van der Waals surface area contributed by atoms with Crippen LogP contribution < -0.4 is 5.32 Å². The van der Waals surface area contributed by atoms with E-state index in [2.05, 4.69) is 25.4 Å². The third-order valence-electron chi connectivity index (χ3n) is 3.29. The van der Waals surface area contributed by atoms with Crippen molar-refractivity contribution >= 4 is 28.7 Å². The fourth-order valence-corrected chi connectivity index (χ4v) is 2.97. The number of hydrogen-bond acceptors (Lipinski definition) is 5. The molecular formula is C15H18N6OS. The SMILES string of the molecule is Cc1ccc2nc(SCC(=O)NC(C)Cn3cncn3)[nH]c2c1. The number of benzene rings is 1. The molecule has 1 aromatic carbocycles. The summed E-state index contributed by atoms with van der Waals surface area (Å²) in [5, 5.41) is 7.72. The van der Waals surface area contributed by atoms with E-state index < -0.39 is 0 Å². The molecule has 0 spiro atoms. The van der Waals surface area contributed by atoms with Crippen LogP contribution in [0.1, 0.15) is 12.5 Å². The summed E-state index contributed by atoms with van der Waals surface area (Å²) < 4.78 is 1.69. The van der Waals surface area contributed by atoms with Crippen molar-refractivity contribution in [3.05, 3.63) is 36.4 Å². The number of aryl methyl sites for hydroxylation is 1. The lowest BCUT2D eigenvalue weighted by Gasteiger charge is -2.13. The Bertz CT molecular complexity index is 798. The van der Waals surface area contributed by atoms with Crippen LogP contribution in [0.4, 0.5) is 0 Å². The quantitative estimate of drug-likeness (QED) is 0.672. The number of thioether (sulfide) groups is 1. The number of nitrogens with one attached hydrogen (secondary N) is 2. The number of hydrogen-bond donors (Lipinski definition) is 2. The zero-order valence-electron chi connectivity index (χ0n) is 13.0. The summed E-state index contributed by atoms with van der Waals surface area (Å²) in [6.07, 6.45) is 3.11. The minimum absolute atomic E-state index is 0.0110. The van der Waals surface area contributed by atoms with Gasteiger partial charge in [0.05, 0.1) is 23.3 Å². The monoisotopic (exact) mass is 330 g/mol. The van der Waals surface area contributed by atoms with Crippen molar-refractivity contribution in [3.8, 4) is 0 Å². The lowest BCUT2D eigenvalue weighted by atomic mass is 10.2. The largest absolute Gasteiger partial charge is 0.351 e. The van der Waals surface area contributed by atoms with Crippen LogP contribution >= 0.6 is 11.8 Å². The Kier molecular flexibility index (Phi) is 4.61. The molecule has 7 nitrogen and oxygen atoms in total. The van der Waals surface area contributed by atoms with E-state index in [-0.39, 0.29) is 11.9 Å². The Morgan fingerprint density at radius 2 is 2.35 bits per heavy atom. The van der Waals surface area contributed by atoms with Crippen LogP contribution in [-0.4, -0.2) is 42.4 Å². The lowest BCUT2D eigenvalue weighted by molar-refractivity contribution is -0.119. The van der Waals surface area contributed by atoms with E-state index in [0.29, 0.717) is 12.3 Å². The predicted molar refractivity (Wildman–Crippen MR) is 89.2 cm³/mol. The summed E-state index contributed by atoms with van der Waals surface area (Å²) in [5.41, 5.74) is 3.09. The highest BCUT2D eigenvalue weighted by molar-refractivity contribution is 7.99. The first-order chi connectivity index (χ1) is 11.1. The number of fused-ring (bicyclic) bond motifs is 1. The van der Waals surface area contributed by atoms with E-state index in [1.54, 1.807) is 11.0 Å². The highest BCUT2D eigenvalue weighted by atomic mass is 32.2. The number of rotatable bonds is 6. The van der Waals surface area contributed by atoms with Gasteiger partial charge in [-0.2, -0.15) is 5.10 Å². The summed E-state index contributed by atoms with van der Waals surface area (Å²) in [7, 11) is 0. The molecule has 8 heteroatoms. The van der Waals surface area contributed by atoms with Gasteiger partial charge in [0.15, 0.2) is 5.16 Å². The lowest BCUT2D eigenvalue weighted by Crippen LogP contribution is -2.36. The van der Waals surface area contributed by atoms with Gasteiger partial charge in [-0.15, -0.1) is 0 Å². The van der Waals surface area contributed by atoms with Gasteiger partial charge >= 0.3 is 0 Å². The number of aromatic amines is 1. The standard InChI is InChI=1S/C15H18N6OS/c1-10-3-4-12-13(5-10)20-15(19-12)23-7-14(22)18-11(2)6-21-9-16-8-17-21/h3-5,8-9,11H,6-7H2,1-2H3,(H,18,22)(H,19,20). The van der Waals surface area contributed by atoms with Crippen LogP contribution in [0.3, 0.4) is 0 Å². The van der Waals surface area contributed by atoms with E-state index in [4.69, 9.17) is 0 Å². The fraction of sp³-hybridized carbons (Fsp3) is 0.333. The Balaban J connectivity index is 1.51. The van der Waals surface area contributed by atoms with Gasteiger partial charge in [0, 0.05) is 6.04 Å². The average molecular weight is 330 g/mol. The molecule has 3 aromatic rings. The molecule has 1 unspecified atom stereocenters. The maximum atomic E-state index is 12.0. The molecule has 0 aliphatic rings. The van der Waals surface area contributed by atoms with Gasteiger partial charge in [0.1, 0.15) is 12.7 Å². The first-order valence-electron chi connectivity index (χ1n) is 7.31. The van der Waals surface area contributed by atoms with E-state index in [9.17, 15) is 4.79 Å². The normalized spacial score (nSPS) is 12.4. The Morgan fingerprint density at radius 1 is 1.48 bits per heavy atom. The van der Waals surface area contributed by atoms with E-state index in [1.165, 1.54) is 23.7 Å². The third-order valence-corrected chi connectivity index (χ3v) is 4.16. The summed E-state index contributed by atoms with van der Waals surface area (Å²) >= 11 is 1.40. The molecule has 0 saturated carbocycles. The van der Waals surface area contributed by atoms with Crippen molar-refractivity contribution in [2.45, 2.75) is 31.6 Å². The van der Waals surface area contributed by atoms with Gasteiger partial charge < -0.3 is 10.3 Å². The van der Waals surface area contributed by atoms with Crippen LogP contribution in [0.2, 0.25) is 0 Å². The molecule has 120 valence electrons. The zero-order valence-corrected chi connectivity index (χ0v) is 13.8. The molecular weight excluding hydrogens is 312 g/mol. The van der Waals surface area contributed by atoms with Gasteiger partial charge in [0.25, 0.3) is 0 Å². The molecule has 0 bridgehead atoms. The highest BCUT2D eigenvalue weighted by Gasteiger charge is 2.10. The van der Waals surface area contributed by atoms with Gasteiger partial charge in [-0.25, -0.2) is 9.97 Å². The number of nitrogens with zero attached hydrogens (tertiary/aromatic N) is 4.